The van der Waals surface area contributed by atoms with E-state index in [0.29, 0.717) is 0 Å². The minimum absolute atomic E-state index is 0. The molecule has 2 radical (unpaired) electrons. The van der Waals surface area contributed by atoms with Gasteiger partial charge in [0.15, 0.2) is 0 Å². The Labute approximate surface area is 199 Å². The second kappa shape index (κ2) is 16.3. The van der Waals surface area contributed by atoms with E-state index < -0.39 is 0 Å². The van der Waals surface area contributed by atoms with Crippen LogP contribution < -0.4 is 0 Å². The van der Waals surface area contributed by atoms with Gasteiger partial charge >= 0.3 is 26.8 Å². The van der Waals surface area contributed by atoms with Crippen LogP contribution in [0, 0.1) is 28.7 Å². The standard InChI is InChI=1S/C17H15.C4H10N.2CH3.2ClH.Si.Ti/c1-12-6-8-14(9-7-12)16-5-3-4-15-10-13(2)11-17(15)16;1-4(2,3)5;;;;;;/h3-11H,1-2H3;5H,1-3H3;2*1H3;2*1H;;/q4*-1;;;;. The van der Waals surface area contributed by atoms with Crippen LogP contribution in [0.2, 0.25) is 0 Å². The summed E-state index contributed by atoms with van der Waals surface area (Å²) in [5.41, 5.74) is 12.0. The molecular formula is C23H33Cl2NSiTi-4. The molecule has 0 bridgehead atoms. The third kappa shape index (κ3) is 12.2. The van der Waals surface area contributed by atoms with Gasteiger partial charge in [-0.05, 0) is 12.5 Å². The van der Waals surface area contributed by atoms with Gasteiger partial charge in [-0.15, -0.1) is 64.9 Å². The molecule has 0 unspecified atom stereocenters. The van der Waals surface area contributed by atoms with Crippen molar-refractivity contribution in [1.29, 1.82) is 0 Å². The van der Waals surface area contributed by atoms with Crippen molar-refractivity contribution in [2.75, 3.05) is 0 Å². The summed E-state index contributed by atoms with van der Waals surface area (Å²) in [4.78, 5) is 0. The van der Waals surface area contributed by atoms with Crippen molar-refractivity contribution in [3.63, 3.8) is 0 Å². The fourth-order valence-electron chi connectivity index (χ4n) is 2.37. The average Bonchev–Trinajstić information content (AvgIpc) is 2.88. The van der Waals surface area contributed by atoms with Crippen LogP contribution in [0.25, 0.3) is 27.6 Å². The number of nitrogens with one attached hydrogen (secondary N) is 1. The summed E-state index contributed by atoms with van der Waals surface area (Å²) in [6.45, 7) is 9.84. The van der Waals surface area contributed by atoms with Gasteiger partial charge in [-0.3, -0.25) is 0 Å². The van der Waals surface area contributed by atoms with Gasteiger partial charge in [0.1, 0.15) is 0 Å². The van der Waals surface area contributed by atoms with Crippen LogP contribution in [-0.2, 0) is 19.2 Å². The summed E-state index contributed by atoms with van der Waals surface area (Å²) in [5.74, 6) is 0. The van der Waals surface area contributed by atoms with Gasteiger partial charge in [0.05, 0.1) is 0 Å². The summed E-state index contributed by atoms with van der Waals surface area (Å²) >= 11 is 1.81. The normalized spacial score (nSPS) is 8.89. The zero-order valence-electron chi connectivity index (χ0n) is 18.0. The number of aryl methyl sites for hydroxylation is 2. The van der Waals surface area contributed by atoms with Crippen molar-refractivity contribution in [1.82, 2.24) is 0 Å². The molecule has 0 aromatic heterocycles. The van der Waals surface area contributed by atoms with Crippen molar-refractivity contribution < 1.29 is 19.2 Å². The molecule has 0 spiro atoms. The zero-order valence-corrected chi connectivity index (χ0v) is 22.2. The fourth-order valence-corrected chi connectivity index (χ4v) is 2.37. The molecule has 0 aliphatic carbocycles. The molecule has 0 amide bonds. The Morgan fingerprint density at radius 1 is 0.893 bits per heavy atom. The van der Waals surface area contributed by atoms with E-state index in [4.69, 9.17) is 5.73 Å². The van der Waals surface area contributed by atoms with E-state index in [1.807, 2.05) is 20.8 Å². The summed E-state index contributed by atoms with van der Waals surface area (Å²) in [5, 5.41) is 2.69. The monoisotopic (exact) mass is 469 g/mol. The topological polar surface area (TPSA) is 23.8 Å². The molecule has 3 aromatic carbocycles. The van der Waals surface area contributed by atoms with Crippen LogP contribution in [0.15, 0.2) is 54.6 Å². The number of fused-ring (bicyclic) bond motifs is 1. The van der Waals surface area contributed by atoms with Crippen molar-refractivity contribution in [3.05, 3.63) is 86.3 Å². The molecule has 5 heteroatoms. The second-order valence-corrected chi connectivity index (χ2v) is 6.96. The molecule has 0 atom stereocenters. The van der Waals surface area contributed by atoms with E-state index in [1.54, 1.807) is 19.2 Å². The third-order valence-corrected chi connectivity index (χ3v) is 3.26. The van der Waals surface area contributed by atoms with Crippen LogP contribution in [0.1, 0.15) is 31.9 Å². The molecule has 1 nitrogen and oxygen atoms in total. The van der Waals surface area contributed by atoms with Gasteiger partial charge in [-0.1, -0.05) is 69.2 Å². The first kappa shape index (κ1) is 35.0. The number of benzene rings is 2. The molecule has 0 aliphatic rings. The second-order valence-electron chi connectivity index (χ2n) is 6.96. The Morgan fingerprint density at radius 3 is 1.82 bits per heavy atom. The maximum absolute atomic E-state index is 6.94. The molecule has 0 saturated carbocycles. The first-order valence-corrected chi connectivity index (χ1v) is 10.8. The van der Waals surface area contributed by atoms with Gasteiger partial charge in [-0.2, -0.15) is 6.07 Å². The predicted molar refractivity (Wildman–Crippen MR) is 132 cm³/mol. The van der Waals surface area contributed by atoms with Crippen molar-refractivity contribution in [2.24, 2.45) is 0 Å². The Balaban J connectivity index is -0.000000233. The van der Waals surface area contributed by atoms with E-state index in [9.17, 15) is 0 Å². The number of hydrogen-bond acceptors (Lipinski definition) is 0. The van der Waals surface area contributed by atoms with Crippen molar-refractivity contribution in [2.45, 2.75) is 40.2 Å². The molecule has 3 aromatic rings. The van der Waals surface area contributed by atoms with Crippen LogP contribution in [0.5, 0.6) is 0 Å². The van der Waals surface area contributed by atoms with Gasteiger partial charge in [-0.25, -0.2) is 0 Å². The quantitative estimate of drug-likeness (QED) is 0.254. The molecule has 0 fully saturated rings. The first-order chi connectivity index (χ1) is 11.2. The number of hydrogen-bond donors (Lipinski definition) is 0. The zero-order chi connectivity index (χ0) is 18.3. The van der Waals surface area contributed by atoms with Gasteiger partial charge in [0.2, 0.25) is 0 Å². The molecule has 0 heterocycles. The van der Waals surface area contributed by atoms with E-state index >= 15 is 0 Å². The minimum atomic E-state index is -0.250. The Bertz CT molecular complexity index is 771. The molecular weight excluding hydrogens is 437 g/mol. The van der Waals surface area contributed by atoms with Crippen LogP contribution in [-0.4, -0.2) is 13.2 Å². The Kier molecular flexibility index (Phi) is 20.4. The number of halogens is 2. The summed E-state index contributed by atoms with van der Waals surface area (Å²) in [6, 6.07) is 19.8. The van der Waals surface area contributed by atoms with E-state index in [-0.39, 0.29) is 45.2 Å². The molecule has 3 rings (SSSR count). The molecule has 156 valence electrons. The average molecular weight is 470 g/mol. The van der Waals surface area contributed by atoms with Crippen LogP contribution in [0.3, 0.4) is 0 Å². The third-order valence-electron chi connectivity index (χ3n) is 3.26. The SMILES string of the molecule is CC(C)(C)[NH-].Cc1ccc(-c2cccc3[cH-]c(C)cc23)cc1.Cl.Cl.[CH3-].[CH3-].[Si]=[Ti]. The van der Waals surface area contributed by atoms with Crippen LogP contribution >= 0.6 is 24.8 Å². The molecule has 28 heavy (non-hydrogen) atoms. The van der Waals surface area contributed by atoms with E-state index in [1.165, 1.54) is 33.0 Å². The Morgan fingerprint density at radius 2 is 1.36 bits per heavy atom. The van der Waals surface area contributed by atoms with Crippen LogP contribution in [0.4, 0.5) is 0 Å². The molecule has 1 N–H and O–H groups in total. The van der Waals surface area contributed by atoms with E-state index in [2.05, 4.69) is 76.1 Å². The summed E-state index contributed by atoms with van der Waals surface area (Å²) < 4.78 is 0. The van der Waals surface area contributed by atoms with Gasteiger partial charge in [0.25, 0.3) is 0 Å². The first-order valence-electron chi connectivity index (χ1n) is 7.97. The fraction of sp³-hybridized carbons (Fsp3) is 0.261. The van der Waals surface area contributed by atoms with Gasteiger partial charge in [0, 0.05) is 0 Å². The Hall–Kier alpha value is -0.479. The molecule has 0 aliphatic heterocycles. The maximum atomic E-state index is 6.94. The predicted octanol–water partition coefficient (Wildman–Crippen LogP) is 8.04. The summed E-state index contributed by atoms with van der Waals surface area (Å²) in [7, 11) is 2.97. The van der Waals surface area contributed by atoms with Gasteiger partial charge < -0.3 is 20.6 Å². The van der Waals surface area contributed by atoms with E-state index in [0.717, 1.165) is 0 Å². The number of rotatable bonds is 1. The molecule has 0 saturated heterocycles. The van der Waals surface area contributed by atoms with Crippen molar-refractivity contribution >= 4 is 43.2 Å². The van der Waals surface area contributed by atoms with Crippen molar-refractivity contribution in [3.8, 4) is 11.1 Å². The summed E-state index contributed by atoms with van der Waals surface area (Å²) in [6.07, 6.45) is 0.